The number of nitrogens with zero attached hydrogens (tertiary/aromatic N) is 4. The van der Waals surface area contributed by atoms with Crippen LogP contribution in [0.3, 0.4) is 0 Å². The van der Waals surface area contributed by atoms with Gasteiger partial charge in [-0.1, -0.05) is 0 Å². The molecule has 6 nitrogen and oxygen atoms in total. The highest BCUT2D eigenvalue weighted by Gasteiger charge is 2.16. The summed E-state index contributed by atoms with van der Waals surface area (Å²) in [6, 6.07) is 9.29. The molecular weight excluding hydrogens is 309 g/mol. The Morgan fingerprint density at radius 3 is 2.75 bits per heavy atom. The fourth-order valence-corrected chi connectivity index (χ4v) is 2.18. The fraction of sp³-hybridized carbons (Fsp3) is 0.0588. The molecule has 0 aliphatic rings. The van der Waals surface area contributed by atoms with Gasteiger partial charge in [0.15, 0.2) is 5.69 Å². The number of aryl methyl sites for hydroxylation is 1. The minimum atomic E-state index is -0.434. The molecule has 0 saturated carbocycles. The fourth-order valence-electron chi connectivity index (χ4n) is 2.18. The van der Waals surface area contributed by atoms with E-state index in [0.29, 0.717) is 16.9 Å². The Balaban J connectivity index is 1.88. The van der Waals surface area contributed by atoms with Gasteiger partial charge in [-0.3, -0.25) is 9.78 Å². The van der Waals surface area contributed by atoms with E-state index in [-0.39, 0.29) is 17.1 Å². The summed E-state index contributed by atoms with van der Waals surface area (Å²) in [5.41, 5.74) is 2.15. The normalized spacial score (nSPS) is 10.2. The number of rotatable bonds is 3. The van der Waals surface area contributed by atoms with Crippen molar-refractivity contribution in [2.24, 2.45) is 0 Å². The van der Waals surface area contributed by atoms with Crippen molar-refractivity contribution < 1.29 is 9.18 Å². The zero-order valence-corrected chi connectivity index (χ0v) is 12.7. The number of aromatic nitrogens is 3. The van der Waals surface area contributed by atoms with Crippen molar-refractivity contribution in [2.45, 2.75) is 6.92 Å². The van der Waals surface area contributed by atoms with Gasteiger partial charge in [0, 0.05) is 24.2 Å². The van der Waals surface area contributed by atoms with E-state index >= 15 is 0 Å². The van der Waals surface area contributed by atoms with E-state index in [1.54, 1.807) is 31.3 Å². The Bertz CT molecular complexity index is 940. The number of nitrogens with one attached hydrogen (secondary N) is 1. The summed E-state index contributed by atoms with van der Waals surface area (Å²) in [5, 5.41) is 15.9. The first-order valence-corrected chi connectivity index (χ1v) is 7.06. The van der Waals surface area contributed by atoms with Gasteiger partial charge in [-0.15, -0.1) is 0 Å². The molecule has 0 atom stereocenters. The van der Waals surface area contributed by atoms with Crippen LogP contribution < -0.4 is 5.32 Å². The number of halogens is 1. The number of nitriles is 1. The minimum Gasteiger partial charge on any atom is -0.319 e. The number of carbonyl (C=O) groups excluding carboxylic acids is 1. The van der Waals surface area contributed by atoms with Crippen LogP contribution in [0.5, 0.6) is 0 Å². The molecule has 3 aromatic rings. The molecular formula is C17H12FN5O. The highest BCUT2D eigenvalue weighted by Crippen LogP contribution is 2.16. The SMILES string of the molecule is Cc1cn(-c2ccc(F)cc2)nc1C(=O)Nc1ccncc1C#N. The van der Waals surface area contributed by atoms with Gasteiger partial charge in [0.25, 0.3) is 5.91 Å². The van der Waals surface area contributed by atoms with E-state index in [1.807, 2.05) is 6.07 Å². The Morgan fingerprint density at radius 1 is 1.29 bits per heavy atom. The molecule has 2 heterocycles. The first-order chi connectivity index (χ1) is 11.6. The van der Waals surface area contributed by atoms with E-state index in [4.69, 9.17) is 5.26 Å². The van der Waals surface area contributed by atoms with Gasteiger partial charge in [-0.05, 0) is 37.3 Å². The predicted molar refractivity (Wildman–Crippen MR) is 85.2 cm³/mol. The van der Waals surface area contributed by atoms with Crippen LogP contribution in [-0.4, -0.2) is 20.7 Å². The van der Waals surface area contributed by atoms with Crippen LogP contribution in [0, 0.1) is 24.1 Å². The molecule has 24 heavy (non-hydrogen) atoms. The number of hydrogen-bond acceptors (Lipinski definition) is 4. The molecule has 1 aromatic carbocycles. The molecule has 7 heteroatoms. The minimum absolute atomic E-state index is 0.222. The lowest BCUT2D eigenvalue weighted by Gasteiger charge is -2.05. The molecule has 2 aromatic heterocycles. The van der Waals surface area contributed by atoms with Crippen LogP contribution in [0.2, 0.25) is 0 Å². The van der Waals surface area contributed by atoms with Crippen molar-refractivity contribution in [1.82, 2.24) is 14.8 Å². The highest BCUT2D eigenvalue weighted by atomic mass is 19.1. The number of pyridine rings is 1. The molecule has 1 amide bonds. The van der Waals surface area contributed by atoms with Gasteiger partial charge in [0.2, 0.25) is 0 Å². The lowest BCUT2D eigenvalue weighted by molar-refractivity contribution is 0.102. The van der Waals surface area contributed by atoms with Crippen molar-refractivity contribution in [3.63, 3.8) is 0 Å². The monoisotopic (exact) mass is 321 g/mol. The molecule has 1 N–H and O–H groups in total. The van der Waals surface area contributed by atoms with E-state index < -0.39 is 5.91 Å². The van der Waals surface area contributed by atoms with E-state index in [1.165, 1.54) is 29.2 Å². The summed E-state index contributed by atoms with van der Waals surface area (Å²) >= 11 is 0. The summed E-state index contributed by atoms with van der Waals surface area (Å²) in [5.74, 6) is -0.779. The number of hydrogen-bond donors (Lipinski definition) is 1. The van der Waals surface area contributed by atoms with Crippen molar-refractivity contribution in [3.8, 4) is 11.8 Å². The largest absolute Gasteiger partial charge is 0.319 e. The predicted octanol–water partition coefficient (Wildman–Crippen LogP) is 2.84. The van der Waals surface area contributed by atoms with Crippen LogP contribution >= 0.6 is 0 Å². The third-order valence-corrected chi connectivity index (χ3v) is 3.39. The van der Waals surface area contributed by atoms with Gasteiger partial charge < -0.3 is 5.32 Å². The van der Waals surface area contributed by atoms with Crippen molar-refractivity contribution in [1.29, 1.82) is 5.26 Å². The van der Waals surface area contributed by atoms with E-state index in [2.05, 4.69) is 15.4 Å². The molecule has 0 unspecified atom stereocenters. The van der Waals surface area contributed by atoms with Gasteiger partial charge in [-0.2, -0.15) is 10.4 Å². The third kappa shape index (κ3) is 2.98. The highest BCUT2D eigenvalue weighted by molar-refractivity contribution is 6.04. The molecule has 0 fully saturated rings. The summed E-state index contributed by atoms with van der Waals surface area (Å²) in [4.78, 5) is 16.3. The van der Waals surface area contributed by atoms with Crippen LogP contribution in [0.25, 0.3) is 5.69 Å². The maximum atomic E-state index is 13.0. The second-order valence-electron chi connectivity index (χ2n) is 5.07. The average Bonchev–Trinajstić information content (AvgIpc) is 2.98. The Morgan fingerprint density at radius 2 is 2.04 bits per heavy atom. The summed E-state index contributed by atoms with van der Waals surface area (Å²) in [6.07, 6.45) is 4.54. The van der Waals surface area contributed by atoms with Gasteiger partial charge in [-0.25, -0.2) is 9.07 Å². The lowest BCUT2D eigenvalue weighted by Crippen LogP contribution is -2.15. The molecule has 0 aliphatic heterocycles. The third-order valence-electron chi connectivity index (χ3n) is 3.39. The van der Waals surface area contributed by atoms with Crippen molar-refractivity contribution in [3.05, 3.63) is 71.6 Å². The molecule has 0 saturated heterocycles. The molecule has 0 radical (unpaired) electrons. The van der Waals surface area contributed by atoms with Gasteiger partial charge in [0.1, 0.15) is 11.9 Å². The topological polar surface area (TPSA) is 83.6 Å². The van der Waals surface area contributed by atoms with Gasteiger partial charge in [0.05, 0.1) is 16.9 Å². The summed E-state index contributed by atoms with van der Waals surface area (Å²) in [7, 11) is 0. The van der Waals surface area contributed by atoms with Crippen LogP contribution in [0.1, 0.15) is 21.6 Å². The zero-order chi connectivity index (χ0) is 17.1. The van der Waals surface area contributed by atoms with Crippen LogP contribution in [0.15, 0.2) is 48.9 Å². The lowest BCUT2D eigenvalue weighted by atomic mass is 10.2. The smallest absolute Gasteiger partial charge is 0.276 e. The van der Waals surface area contributed by atoms with Crippen molar-refractivity contribution >= 4 is 11.6 Å². The first-order valence-electron chi connectivity index (χ1n) is 7.06. The summed E-state index contributed by atoms with van der Waals surface area (Å²) in [6.45, 7) is 1.75. The number of anilines is 1. The number of benzene rings is 1. The van der Waals surface area contributed by atoms with Gasteiger partial charge >= 0.3 is 0 Å². The average molecular weight is 321 g/mol. The van der Waals surface area contributed by atoms with Crippen LogP contribution in [0.4, 0.5) is 10.1 Å². The quantitative estimate of drug-likeness (QED) is 0.804. The van der Waals surface area contributed by atoms with E-state index in [0.717, 1.165) is 0 Å². The van der Waals surface area contributed by atoms with Crippen LogP contribution in [-0.2, 0) is 0 Å². The first kappa shape index (κ1) is 15.4. The zero-order valence-electron chi connectivity index (χ0n) is 12.7. The Kier molecular flexibility index (Phi) is 4.03. The molecule has 0 aliphatic carbocycles. The maximum Gasteiger partial charge on any atom is 0.276 e. The van der Waals surface area contributed by atoms with Crippen molar-refractivity contribution in [2.75, 3.05) is 5.32 Å². The Hall–Kier alpha value is -3.53. The van der Waals surface area contributed by atoms with E-state index in [9.17, 15) is 9.18 Å². The molecule has 0 bridgehead atoms. The summed E-state index contributed by atoms with van der Waals surface area (Å²) < 4.78 is 14.5. The molecule has 3 rings (SSSR count). The molecule has 0 spiro atoms. The second kappa shape index (κ2) is 6.30. The Labute approximate surface area is 137 Å². The maximum absolute atomic E-state index is 13.0. The molecule has 118 valence electrons. The standard InChI is InChI=1S/C17H12FN5O/c1-11-10-23(14-4-2-13(18)3-5-14)22-16(11)17(24)21-15-6-7-20-9-12(15)8-19/h2-7,9-10H,1H3,(H,20,21,24). The number of carbonyl (C=O) groups is 1. The second-order valence-corrected chi connectivity index (χ2v) is 5.07. The number of amides is 1.